The summed E-state index contributed by atoms with van der Waals surface area (Å²) < 4.78 is 38.5. The number of benzene rings is 2. The molecule has 0 amide bonds. The van der Waals surface area contributed by atoms with Crippen molar-refractivity contribution in [2.45, 2.75) is 26.1 Å². The number of phenols is 2. The number of methoxy groups -OCH3 is 4. The molecule has 1 aliphatic rings. The number of hydrogen-bond acceptors (Lipinski definition) is 11. The second kappa shape index (κ2) is 11.9. The van der Waals surface area contributed by atoms with Crippen LogP contribution in [0.25, 0.3) is 0 Å². The molecule has 1 heterocycles. The Morgan fingerprint density at radius 3 is 1.22 bits per heavy atom. The van der Waals surface area contributed by atoms with Crippen LogP contribution in [-0.4, -0.2) is 63.8 Å². The summed E-state index contributed by atoms with van der Waals surface area (Å²) in [7, 11) is 5.63. The number of rotatable bonds is 10. The maximum absolute atomic E-state index is 11.7. The first kappa shape index (κ1) is 27.7. The number of ether oxygens (including phenoxy) is 7. The van der Waals surface area contributed by atoms with Gasteiger partial charge >= 0.3 is 11.9 Å². The molecule has 0 saturated carbocycles. The van der Waals surface area contributed by atoms with Gasteiger partial charge in [-0.25, -0.2) is 0 Å². The normalized spacial score (nSPS) is 20.7. The first-order valence-electron chi connectivity index (χ1n) is 11.5. The van der Waals surface area contributed by atoms with Gasteiger partial charge in [0, 0.05) is 25.7 Å². The van der Waals surface area contributed by atoms with Crippen LogP contribution >= 0.6 is 0 Å². The standard InChI is InChI=1S/C26H32O11/c1-13(27)35-11-17-18(12-36-14(2)28)26(16-9-21(33-5)24(30)22(10-16)34-6)37-25(17)15-7-19(31-3)23(29)20(8-15)32-4/h7-10,17-18,25-26,29-30H,11-12H2,1-6H3/t17-,18-,25-,26+/m0/s1. The fourth-order valence-electron chi connectivity index (χ4n) is 4.47. The van der Waals surface area contributed by atoms with Crippen LogP contribution in [0, 0.1) is 11.8 Å². The van der Waals surface area contributed by atoms with E-state index in [4.69, 9.17) is 33.2 Å². The lowest BCUT2D eigenvalue weighted by atomic mass is 9.83. The highest BCUT2D eigenvalue weighted by Crippen LogP contribution is 2.53. The average molecular weight is 521 g/mol. The Hall–Kier alpha value is -3.86. The lowest BCUT2D eigenvalue weighted by Gasteiger charge is -2.24. The Labute approximate surface area is 214 Å². The van der Waals surface area contributed by atoms with Crippen molar-refractivity contribution in [3.8, 4) is 34.5 Å². The molecule has 1 saturated heterocycles. The highest BCUT2D eigenvalue weighted by atomic mass is 16.6. The number of aromatic hydroxyl groups is 2. The van der Waals surface area contributed by atoms with Crippen LogP contribution in [0.3, 0.4) is 0 Å². The predicted molar refractivity (Wildman–Crippen MR) is 129 cm³/mol. The van der Waals surface area contributed by atoms with Crippen molar-refractivity contribution in [2.75, 3.05) is 41.7 Å². The Morgan fingerprint density at radius 1 is 0.676 bits per heavy atom. The van der Waals surface area contributed by atoms with Crippen molar-refractivity contribution in [1.29, 1.82) is 0 Å². The van der Waals surface area contributed by atoms with E-state index < -0.39 is 36.0 Å². The largest absolute Gasteiger partial charge is 0.502 e. The van der Waals surface area contributed by atoms with Gasteiger partial charge in [0.05, 0.1) is 53.9 Å². The molecule has 3 rings (SSSR count). The molecule has 2 aromatic rings. The lowest BCUT2D eigenvalue weighted by Crippen LogP contribution is -2.27. The predicted octanol–water partition coefficient (Wildman–Crippen LogP) is 3.30. The molecule has 11 nitrogen and oxygen atoms in total. The van der Waals surface area contributed by atoms with Gasteiger partial charge in [-0.15, -0.1) is 0 Å². The van der Waals surface area contributed by atoms with Gasteiger partial charge in [0.15, 0.2) is 23.0 Å². The molecule has 37 heavy (non-hydrogen) atoms. The molecule has 202 valence electrons. The lowest BCUT2D eigenvalue weighted by molar-refractivity contribution is -0.146. The van der Waals surface area contributed by atoms with E-state index in [0.717, 1.165) is 0 Å². The molecule has 1 fully saturated rings. The number of carbonyl (C=O) groups excluding carboxylic acids is 2. The Balaban J connectivity index is 2.16. The van der Waals surface area contributed by atoms with E-state index in [-0.39, 0.29) is 47.7 Å². The van der Waals surface area contributed by atoms with Crippen molar-refractivity contribution in [1.82, 2.24) is 0 Å². The number of carbonyl (C=O) groups is 2. The summed E-state index contributed by atoms with van der Waals surface area (Å²) in [6, 6.07) is 6.41. The van der Waals surface area contributed by atoms with Crippen molar-refractivity contribution in [3.05, 3.63) is 35.4 Å². The summed E-state index contributed by atoms with van der Waals surface area (Å²) in [6.07, 6.45) is -1.39. The van der Waals surface area contributed by atoms with Gasteiger partial charge in [-0.05, 0) is 35.4 Å². The molecule has 0 aromatic heterocycles. The quantitative estimate of drug-likeness (QED) is 0.446. The number of esters is 2. The minimum atomic E-state index is -0.695. The van der Waals surface area contributed by atoms with Gasteiger partial charge in [-0.1, -0.05) is 0 Å². The fraction of sp³-hybridized carbons (Fsp3) is 0.462. The zero-order chi connectivity index (χ0) is 27.3. The second-order valence-electron chi connectivity index (χ2n) is 8.46. The molecule has 2 aromatic carbocycles. The molecule has 11 heteroatoms. The average Bonchev–Trinajstić information content (AvgIpc) is 3.24. The monoisotopic (exact) mass is 520 g/mol. The molecular weight excluding hydrogens is 488 g/mol. The van der Waals surface area contributed by atoms with Gasteiger partial charge < -0.3 is 43.4 Å². The third kappa shape index (κ3) is 5.93. The third-order valence-electron chi connectivity index (χ3n) is 6.24. The Bertz CT molecular complexity index is 992. The van der Waals surface area contributed by atoms with Gasteiger partial charge in [0.2, 0.25) is 11.5 Å². The number of phenolic OH excluding ortho intramolecular Hbond substituents is 2. The van der Waals surface area contributed by atoms with Crippen LogP contribution in [0.1, 0.15) is 37.2 Å². The minimum absolute atomic E-state index is 0.0414. The minimum Gasteiger partial charge on any atom is -0.502 e. The van der Waals surface area contributed by atoms with Gasteiger partial charge in [0.25, 0.3) is 0 Å². The fourth-order valence-corrected chi connectivity index (χ4v) is 4.47. The molecule has 0 aliphatic carbocycles. The SMILES string of the molecule is COc1cc([C@H]2O[C@@H](c3cc(OC)c(O)c(OC)c3)[C@@H](COC(C)=O)[C@@H]2COC(C)=O)cc(OC)c1O. The van der Waals surface area contributed by atoms with E-state index in [1.165, 1.54) is 42.3 Å². The zero-order valence-corrected chi connectivity index (χ0v) is 21.6. The molecule has 2 N–H and O–H groups in total. The first-order valence-corrected chi connectivity index (χ1v) is 11.5. The summed E-state index contributed by atoms with van der Waals surface area (Å²) in [4.78, 5) is 23.5. The third-order valence-corrected chi connectivity index (χ3v) is 6.24. The van der Waals surface area contributed by atoms with Gasteiger partial charge in [-0.2, -0.15) is 0 Å². The Morgan fingerprint density at radius 2 is 0.973 bits per heavy atom. The highest BCUT2D eigenvalue weighted by Gasteiger charge is 2.47. The van der Waals surface area contributed by atoms with Crippen molar-refractivity contribution < 1.29 is 53.0 Å². The highest BCUT2D eigenvalue weighted by molar-refractivity contribution is 5.66. The summed E-state index contributed by atoms with van der Waals surface area (Å²) in [6.45, 7) is 2.51. The molecule has 0 spiro atoms. The maximum atomic E-state index is 11.7. The van der Waals surface area contributed by atoms with Crippen molar-refractivity contribution in [2.24, 2.45) is 11.8 Å². The second-order valence-corrected chi connectivity index (χ2v) is 8.46. The molecule has 1 aliphatic heterocycles. The van der Waals surface area contributed by atoms with E-state index in [2.05, 4.69) is 0 Å². The van der Waals surface area contributed by atoms with E-state index in [1.54, 1.807) is 24.3 Å². The molecule has 0 unspecified atom stereocenters. The van der Waals surface area contributed by atoms with E-state index in [0.29, 0.717) is 11.1 Å². The maximum Gasteiger partial charge on any atom is 0.302 e. The van der Waals surface area contributed by atoms with E-state index >= 15 is 0 Å². The van der Waals surface area contributed by atoms with Crippen LogP contribution in [0.5, 0.6) is 34.5 Å². The van der Waals surface area contributed by atoms with Crippen molar-refractivity contribution in [3.63, 3.8) is 0 Å². The zero-order valence-electron chi connectivity index (χ0n) is 21.6. The topological polar surface area (TPSA) is 139 Å². The van der Waals surface area contributed by atoms with Gasteiger partial charge in [-0.3, -0.25) is 9.59 Å². The van der Waals surface area contributed by atoms with E-state index in [9.17, 15) is 19.8 Å². The summed E-state index contributed by atoms with van der Waals surface area (Å²) in [5.41, 5.74) is 1.16. The van der Waals surface area contributed by atoms with E-state index in [1.807, 2.05) is 0 Å². The van der Waals surface area contributed by atoms with Crippen LogP contribution in [0.15, 0.2) is 24.3 Å². The molecular formula is C26H32O11. The summed E-state index contributed by atoms with van der Waals surface area (Å²) >= 11 is 0. The van der Waals surface area contributed by atoms with Gasteiger partial charge in [0.1, 0.15) is 0 Å². The molecule has 0 radical (unpaired) electrons. The Kier molecular flexibility index (Phi) is 8.93. The first-order chi connectivity index (χ1) is 17.6. The van der Waals surface area contributed by atoms with Crippen LogP contribution in [0.4, 0.5) is 0 Å². The van der Waals surface area contributed by atoms with Crippen LogP contribution in [0.2, 0.25) is 0 Å². The van der Waals surface area contributed by atoms with Crippen LogP contribution in [-0.2, 0) is 23.8 Å². The smallest absolute Gasteiger partial charge is 0.302 e. The van der Waals surface area contributed by atoms with Crippen LogP contribution < -0.4 is 18.9 Å². The number of hydrogen-bond donors (Lipinski definition) is 2. The van der Waals surface area contributed by atoms with Crippen molar-refractivity contribution >= 4 is 11.9 Å². The summed E-state index contributed by atoms with van der Waals surface area (Å²) in [5, 5.41) is 20.8. The molecule has 4 atom stereocenters. The molecule has 0 bridgehead atoms. The summed E-state index contributed by atoms with van der Waals surface area (Å²) in [5.74, 6) is -1.64.